The van der Waals surface area contributed by atoms with Crippen LogP contribution in [0.4, 0.5) is 0 Å². The van der Waals surface area contributed by atoms with Crippen LogP contribution in [0.5, 0.6) is 5.75 Å². The second-order valence-corrected chi connectivity index (χ2v) is 6.48. The van der Waals surface area contributed by atoms with E-state index in [9.17, 15) is 4.79 Å². The van der Waals surface area contributed by atoms with Crippen LogP contribution in [0.1, 0.15) is 18.9 Å². The molecule has 0 aliphatic carbocycles. The second-order valence-electron chi connectivity index (χ2n) is 5.24. The van der Waals surface area contributed by atoms with E-state index < -0.39 is 0 Å². The van der Waals surface area contributed by atoms with Crippen LogP contribution >= 0.6 is 22.6 Å². The number of amides is 1. The molecule has 3 nitrogen and oxygen atoms in total. The number of aryl methyl sites for hydroxylation is 1. The first-order chi connectivity index (χ1) is 10.6. The molecule has 0 spiro atoms. The maximum atomic E-state index is 11.9. The summed E-state index contributed by atoms with van der Waals surface area (Å²) < 4.78 is 6.59. The third kappa shape index (κ3) is 6.05. The molecule has 0 saturated heterocycles. The van der Waals surface area contributed by atoms with Crippen LogP contribution < -0.4 is 10.1 Å². The number of hydrogen-bond acceptors (Lipinski definition) is 2. The summed E-state index contributed by atoms with van der Waals surface area (Å²) in [6.07, 6.45) is 1.87. The van der Waals surface area contributed by atoms with Gasteiger partial charge in [-0.15, -0.1) is 0 Å². The van der Waals surface area contributed by atoms with Gasteiger partial charge in [0.2, 0.25) is 0 Å². The highest BCUT2D eigenvalue weighted by molar-refractivity contribution is 14.1. The number of hydrogen-bond donors (Lipinski definition) is 1. The van der Waals surface area contributed by atoms with Crippen molar-refractivity contribution in [3.8, 4) is 5.75 Å². The monoisotopic (exact) mass is 409 g/mol. The van der Waals surface area contributed by atoms with E-state index in [-0.39, 0.29) is 18.6 Å². The maximum absolute atomic E-state index is 11.9. The lowest BCUT2D eigenvalue weighted by Gasteiger charge is -2.14. The molecule has 0 unspecified atom stereocenters. The molecular weight excluding hydrogens is 389 g/mol. The zero-order valence-electron chi connectivity index (χ0n) is 12.6. The quantitative estimate of drug-likeness (QED) is 0.707. The Kier molecular flexibility index (Phi) is 6.71. The number of ether oxygens (including phenoxy) is 1. The first-order valence-corrected chi connectivity index (χ1v) is 8.43. The highest BCUT2D eigenvalue weighted by atomic mass is 127. The fourth-order valence-electron chi connectivity index (χ4n) is 2.12. The third-order valence-corrected chi connectivity index (χ3v) is 3.95. The maximum Gasteiger partial charge on any atom is 0.258 e. The summed E-state index contributed by atoms with van der Waals surface area (Å²) in [6.45, 7) is 2.07. The fraction of sp³-hybridized carbons (Fsp3) is 0.278. The molecule has 0 aliphatic rings. The number of rotatable bonds is 7. The van der Waals surface area contributed by atoms with Crippen molar-refractivity contribution in [3.63, 3.8) is 0 Å². The number of halogens is 1. The minimum absolute atomic E-state index is 0.0514. The smallest absolute Gasteiger partial charge is 0.258 e. The molecule has 0 aromatic heterocycles. The van der Waals surface area contributed by atoms with E-state index in [0.717, 1.165) is 22.2 Å². The van der Waals surface area contributed by atoms with Crippen molar-refractivity contribution >= 4 is 28.5 Å². The number of carbonyl (C=O) groups is 1. The minimum atomic E-state index is -0.0839. The van der Waals surface area contributed by atoms with E-state index in [1.165, 1.54) is 5.56 Å². The molecule has 4 heteroatoms. The van der Waals surface area contributed by atoms with Crippen LogP contribution in [0.15, 0.2) is 54.6 Å². The van der Waals surface area contributed by atoms with Gasteiger partial charge in [-0.2, -0.15) is 0 Å². The normalized spacial score (nSPS) is 11.7. The largest absolute Gasteiger partial charge is 0.484 e. The van der Waals surface area contributed by atoms with Crippen LogP contribution in [-0.4, -0.2) is 18.6 Å². The predicted molar refractivity (Wildman–Crippen MR) is 97.0 cm³/mol. The summed E-state index contributed by atoms with van der Waals surface area (Å²) in [4.78, 5) is 11.9. The van der Waals surface area contributed by atoms with Crippen molar-refractivity contribution in [1.82, 2.24) is 5.32 Å². The second kappa shape index (κ2) is 8.78. The Hall–Kier alpha value is -1.56. The highest BCUT2D eigenvalue weighted by Gasteiger charge is 2.08. The van der Waals surface area contributed by atoms with Crippen molar-refractivity contribution in [1.29, 1.82) is 0 Å². The Labute approximate surface area is 145 Å². The number of carbonyl (C=O) groups excluding carboxylic acids is 1. The van der Waals surface area contributed by atoms with Gasteiger partial charge in [0.25, 0.3) is 5.91 Å². The average Bonchev–Trinajstić information content (AvgIpc) is 2.52. The van der Waals surface area contributed by atoms with Crippen LogP contribution in [0.3, 0.4) is 0 Å². The van der Waals surface area contributed by atoms with Gasteiger partial charge in [0.15, 0.2) is 6.61 Å². The topological polar surface area (TPSA) is 38.3 Å². The molecule has 22 heavy (non-hydrogen) atoms. The standard InChI is InChI=1S/C18H20INO2/c1-14(10-11-15-6-3-2-4-7-15)20-18(21)13-22-17-9-5-8-16(19)12-17/h2-9,12,14H,10-11,13H2,1H3,(H,20,21)/t14-/m1/s1. The average molecular weight is 409 g/mol. The number of benzene rings is 2. The summed E-state index contributed by atoms with van der Waals surface area (Å²) in [5.41, 5.74) is 1.29. The van der Waals surface area contributed by atoms with E-state index in [1.54, 1.807) is 0 Å². The van der Waals surface area contributed by atoms with Crippen molar-refractivity contribution in [2.75, 3.05) is 6.61 Å². The van der Waals surface area contributed by atoms with E-state index in [1.807, 2.05) is 49.4 Å². The SMILES string of the molecule is C[C@H](CCc1ccccc1)NC(=O)COc1cccc(I)c1. The molecule has 0 heterocycles. The molecular formula is C18H20INO2. The molecule has 0 fully saturated rings. The Morgan fingerprint density at radius 3 is 2.68 bits per heavy atom. The van der Waals surface area contributed by atoms with Crippen molar-refractivity contribution in [3.05, 3.63) is 63.7 Å². The van der Waals surface area contributed by atoms with Gasteiger partial charge in [-0.25, -0.2) is 0 Å². The lowest BCUT2D eigenvalue weighted by Crippen LogP contribution is -2.36. The van der Waals surface area contributed by atoms with Crippen molar-refractivity contribution < 1.29 is 9.53 Å². The summed E-state index contributed by atoms with van der Waals surface area (Å²) >= 11 is 2.22. The van der Waals surface area contributed by atoms with Crippen molar-refractivity contribution in [2.45, 2.75) is 25.8 Å². The molecule has 0 bridgehead atoms. The van der Waals surface area contributed by atoms with Gasteiger partial charge >= 0.3 is 0 Å². The van der Waals surface area contributed by atoms with Crippen LogP contribution in [0.25, 0.3) is 0 Å². The molecule has 2 aromatic rings. The number of nitrogens with one attached hydrogen (secondary N) is 1. The highest BCUT2D eigenvalue weighted by Crippen LogP contribution is 2.14. The Balaban J connectivity index is 1.70. The lowest BCUT2D eigenvalue weighted by molar-refractivity contribution is -0.123. The van der Waals surface area contributed by atoms with E-state index in [2.05, 4.69) is 40.0 Å². The summed E-state index contributed by atoms with van der Waals surface area (Å²) in [5, 5.41) is 2.97. The Morgan fingerprint density at radius 1 is 1.18 bits per heavy atom. The lowest BCUT2D eigenvalue weighted by atomic mass is 10.1. The van der Waals surface area contributed by atoms with Crippen molar-refractivity contribution in [2.24, 2.45) is 0 Å². The molecule has 0 aliphatic heterocycles. The minimum Gasteiger partial charge on any atom is -0.484 e. The molecule has 1 atom stereocenters. The zero-order valence-corrected chi connectivity index (χ0v) is 14.7. The summed E-state index contributed by atoms with van der Waals surface area (Å²) in [6, 6.07) is 18.1. The first kappa shape index (κ1) is 16.8. The molecule has 116 valence electrons. The molecule has 2 rings (SSSR count). The Morgan fingerprint density at radius 2 is 1.95 bits per heavy atom. The van der Waals surface area contributed by atoms with E-state index in [0.29, 0.717) is 0 Å². The van der Waals surface area contributed by atoms with E-state index >= 15 is 0 Å². The van der Waals surface area contributed by atoms with E-state index in [4.69, 9.17) is 4.74 Å². The Bertz CT molecular complexity index is 601. The predicted octanol–water partition coefficient (Wildman–Crippen LogP) is 3.81. The van der Waals surface area contributed by atoms with Crippen LogP contribution in [0.2, 0.25) is 0 Å². The van der Waals surface area contributed by atoms with Gasteiger partial charge in [0.1, 0.15) is 5.75 Å². The van der Waals surface area contributed by atoms with Gasteiger partial charge in [-0.1, -0.05) is 36.4 Å². The zero-order chi connectivity index (χ0) is 15.8. The van der Waals surface area contributed by atoms with Gasteiger partial charge in [-0.3, -0.25) is 4.79 Å². The van der Waals surface area contributed by atoms with Crippen LogP contribution in [0, 0.1) is 3.57 Å². The molecule has 1 amide bonds. The third-order valence-electron chi connectivity index (χ3n) is 3.28. The molecule has 0 saturated carbocycles. The van der Waals surface area contributed by atoms with Crippen LogP contribution in [-0.2, 0) is 11.2 Å². The first-order valence-electron chi connectivity index (χ1n) is 7.35. The van der Waals surface area contributed by atoms with Gasteiger partial charge < -0.3 is 10.1 Å². The molecule has 1 N–H and O–H groups in total. The fourth-order valence-corrected chi connectivity index (χ4v) is 2.64. The van der Waals surface area contributed by atoms with Gasteiger partial charge in [0, 0.05) is 9.61 Å². The summed E-state index contributed by atoms with van der Waals surface area (Å²) in [7, 11) is 0. The van der Waals surface area contributed by atoms with Gasteiger partial charge in [-0.05, 0) is 66.1 Å². The molecule has 2 aromatic carbocycles. The molecule has 0 radical (unpaired) electrons. The van der Waals surface area contributed by atoms with Gasteiger partial charge in [0.05, 0.1) is 0 Å². The summed E-state index contributed by atoms with van der Waals surface area (Å²) in [5.74, 6) is 0.637.